The third-order valence-electron chi connectivity index (χ3n) is 8.64. The van der Waals surface area contributed by atoms with Gasteiger partial charge in [-0.25, -0.2) is 14.1 Å². The van der Waals surface area contributed by atoms with Crippen LogP contribution in [0.3, 0.4) is 0 Å². The fourth-order valence-corrected chi connectivity index (χ4v) is 5.89. The van der Waals surface area contributed by atoms with E-state index in [0.29, 0.717) is 28.7 Å². The van der Waals surface area contributed by atoms with Crippen molar-refractivity contribution in [3.8, 4) is 17.0 Å². The second-order valence-electron chi connectivity index (χ2n) is 11.7. The molecule has 1 aromatic carbocycles. The van der Waals surface area contributed by atoms with Crippen LogP contribution in [-0.4, -0.2) is 78.4 Å². The van der Waals surface area contributed by atoms with Crippen molar-refractivity contribution in [3.63, 3.8) is 0 Å². The van der Waals surface area contributed by atoms with E-state index in [-0.39, 0.29) is 29.6 Å². The van der Waals surface area contributed by atoms with Gasteiger partial charge in [0.25, 0.3) is 0 Å². The molecule has 0 aliphatic carbocycles. The van der Waals surface area contributed by atoms with E-state index in [9.17, 15) is 18.3 Å². The predicted molar refractivity (Wildman–Crippen MR) is 150 cm³/mol. The maximum atomic E-state index is 13.9. The molecule has 13 heteroatoms. The van der Waals surface area contributed by atoms with E-state index >= 15 is 0 Å². The van der Waals surface area contributed by atoms with Gasteiger partial charge in [-0.2, -0.15) is 8.78 Å². The van der Waals surface area contributed by atoms with Crippen molar-refractivity contribution in [2.24, 2.45) is 5.92 Å². The largest absolute Gasteiger partial charge is 0.488 e. The predicted octanol–water partition coefficient (Wildman–Crippen LogP) is 4.06. The summed E-state index contributed by atoms with van der Waals surface area (Å²) in [6, 6.07) is 6.64. The van der Waals surface area contributed by atoms with E-state index in [4.69, 9.17) is 4.74 Å². The summed E-state index contributed by atoms with van der Waals surface area (Å²) in [4.78, 5) is 10.7. The molecule has 2 N–H and O–H groups in total. The molecule has 0 bridgehead atoms. The number of hydrogen-bond acceptors (Lipinski definition) is 8. The highest BCUT2D eigenvalue weighted by atomic mass is 19.3. The SMILES string of the molecule is Cc1c(-c2cc(OCC(C)(O)c3ccc(F)cn3)c3c(c2)ncn3C(F)F)nnn1C1CCN(CC2CNC2C)CC1. The number of nitrogens with one attached hydrogen (secondary N) is 1. The van der Waals surface area contributed by atoms with Gasteiger partial charge in [-0.1, -0.05) is 5.21 Å². The Hall–Kier alpha value is -3.55. The number of piperidine rings is 1. The van der Waals surface area contributed by atoms with Crippen LogP contribution in [0.2, 0.25) is 0 Å². The molecule has 3 aromatic heterocycles. The number of likely N-dealkylation sites (tertiary alicyclic amines) is 1. The summed E-state index contributed by atoms with van der Waals surface area (Å²) < 4.78 is 49.7. The van der Waals surface area contributed by atoms with Crippen molar-refractivity contribution < 1.29 is 23.0 Å². The van der Waals surface area contributed by atoms with E-state index in [2.05, 4.69) is 37.4 Å². The Morgan fingerprint density at radius 3 is 2.62 bits per heavy atom. The van der Waals surface area contributed by atoms with Crippen LogP contribution >= 0.6 is 0 Å². The number of pyridine rings is 1. The number of halogens is 3. The van der Waals surface area contributed by atoms with Crippen LogP contribution in [0.1, 0.15) is 50.7 Å². The molecule has 2 aliphatic heterocycles. The topological polar surface area (TPSA) is 106 Å². The van der Waals surface area contributed by atoms with Gasteiger partial charge in [-0.15, -0.1) is 5.10 Å². The molecule has 6 rings (SSSR count). The smallest absolute Gasteiger partial charge is 0.320 e. The second kappa shape index (κ2) is 11.3. The van der Waals surface area contributed by atoms with Crippen LogP contribution in [0.5, 0.6) is 5.75 Å². The molecule has 10 nitrogen and oxygen atoms in total. The summed E-state index contributed by atoms with van der Waals surface area (Å²) in [5, 5.41) is 23.4. The summed E-state index contributed by atoms with van der Waals surface area (Å²) >= 11 is 0. The van der Waals surface area contributed by atoms with Gasteiger partial charge in [-0.3, -0.25) is 9.55 Å². The maximum Gasteiger partial charge on any atom is 0.320 e. The number of nitrogens with zero attached hydrogens (tertiary/aromatic N) is 7. The first-order valence-electron chi connectivity index (χ1n) is 14.2. The Balaban J connectivity index is 1.25. The first kappa shape index (κ1) is 28.6. The zero-order valence-corrected chi connectivity index (χ0v) is 23.8. The van der Waals surface area contributed by atoms with Crippen LogP contribution in [0.25, 0.3) is 22.3 Å². The summed E-state index contributed by atoms with van der Waals surface area (Å²) in [6.45, 7) is 6.68. The van der Waals surface area contributed by atoms with Gasteiger partial charge in [0.1, 0.15) is 41.3 Å². The minimum Gasteiger partial charge on any atom is -0.488 e. The van der Waals surface area contributed by atoms with Crippen LogP contribution in [-0.2, 0) is 5.60 Å². The molecule has 2 aliphatic rings. The van der Waals surface area contributed by atoms with Crippen LogP contribution in [0.4, 0.5) is 13.2 Å². The van der Waals surface area contributed by atoms with Gasteiger partial charge < -0.3 is 20.1 Å². The standard InChI is InChI=1S/C29H35F3N8O2/c1-17-20(12-33-17)14-38-8-6-22(7-9-38)40-18(2)26(36-37-40)19-10-23-27(39(16-35-23)28(31)32)24(11-19)42-15-29(3,41)25-5-4-21(30)13-34-25/h4-5,10-11,13,16-17,20,22,28,33,41H,6-9,12,14-15H2,1-3H3. The molecule has 42 heavy (non-hydrogen) atoms. The van der Waals surface area contributed by atoms with E-state index < -0.39 is 18.0 Å². The lowest BCUT2D eigenvalue weighted by Gasteiger charge is -2.41. The van der Waals surface area contributed by atoms with E-state index in [1.165, 1.54) is 19.1 Å². The summed E-state index contributed by atoms with van der Waals surface area (Å²) in [6.07, 6.45) is 3.99. The minimum atomic E-state index is -2.85. The number of fused-ring (bicyclic) bond motifs is 1. The van der Waals surface area contributed by atoms with Crippen molar-refractivity contribution in [2.75, 3.05) is 32.8 Å². The number of alkyl halides is 2. The third kappa shape index (κ3) is 5.48. The van der Waals surface area contributed by atoms with Gasteiger partial charge in [0.05, 0.1) is 29.1 Å². The number of hydrogen-bond donors (Lipinski definition) is 2. The highest BCUT2D eigenvalue weighted by Gasteiger charge is 2.31. The molecule has 4 aromatic rings. The number of aromatic nitrogens is 6. The number of rotatable bonds is 9. The van der Waals surface area contributed by atoms with Gasteiger partial charge in [0, 0.05) is 37.8 Å². The fourth-order valence-electron chi connectivity index (χ4n) is 5.89. The lowest BCUT2D eigenvalue weighted by atomic mass is 9.91. The highest BCUT2D eigenvalue weighted by molar-refractivity contribution is 5.87. The van der Waals surface area contributed by atoms with Crippen LogP contribution in [0, 0.1) is 18.7 Å². The number of imidazole rings is 1. The lowest BCUT2D eigenvalue weighted by molar-refractivity contribution is 0.00395. The second-order valence-corrected chi connectivity index (χ2v) is 11.7. The van der Waals surface area contributed by atoms with Crippen molar-refractivity contribution in [3.05, 3.63) is 54.0 Å². The maximum absolute atomic E-state index is 13.9. The number of ether oxygens (including phenoxy) is 1. The van der Waals surface area contributed by atoms with Gasteiger partial charge in [-0.05, 0) is 63.8 Å². The molecule has 5 heterocycles. The van der Waals surface area contributed by atoms with Gasteiger partial charge in [0.15, 0.2) is 0 Å². The molecule has 2 saturated heterocycles. The number of aliphatic hydroxyl groups is 1. The molecule has 0 amide bonds. The molecule has 2 fully saturated rings. The molecule has 224 valence electrons. The molecule has 3 atom stereocenters. The zero-order chi connectivity index (χ0) is 29.6. The third-order valence-corrected chi connectivity index (χ3v) is 8.64. The van der Waals surface area contributed by atoms with Crippen molar-refractivity contribution in [2.45, 2.75) is 57.8 Å². The molecule has 0 radical (unpaired) electrons. The quantitative estimate of drug-likeness (QED) is 0.304. The lowest BCUT2D eigenvalue weighted by Crippen LogP contribution is -2.56. The van der Waals surface area contributed by atoms with Crippen molar-refractivity contribution >= 4 is 11.0 Å². The van der Waals surface area contributed by atoms with Crippen molar-refractivity contribution in [1.82, 2.24) is 39.7 Å². The van der Waals surface area contributed by atoms with E-state index in [1.54, 1.807) is 12.1 Å². The van der Waals surface area contributed by atoms with E-state index in [1.807, 2.05) is 11.6 Å². The Labute approximate surface area is 241 Å². The van der Waals surface area contributed by atoms with Crippen LogP contribution < -0.4 is 10.1 Å². The minimum absolute atomic E-state index is 0.0880. The number of benzene rings is 1. The Morgan fingerprint density at radius 1 is 1.19 bits per heavy atom. The average molecular weight is 585 g/mol. The summed E-state index contributed by atoms with van der Waals surface area (Å²) in [5.74, 6) is 0.266. The summed E-state index contributed by atoms with van der Waals surface area (Å²) in [5.41, 5.74) is 1.04. The fraction of sp³-hybridized carbons (Fsp3) is 0.517. The van der Waals surface area contributed by atoms with E-state index in [0.717, 1.165) is 61.8 Å². The highest BCUT2D eigenvalue weighted by Crippen LogP contribution is 2.36. The first-order chi connectivity index (χ1) is 20.1. The van der Waals surface area contributed by atoms with Gasteiger partial charge >= 0.3 is 6.55 Å². The summed E-state index contributed by atoms with van der Waals surface area (Å²) in [7, 11) is 0. The normalized spacial score (nSPS) is 21.5. The average Bonchev–Trinajstić information content (AvgIpc) is 3.58. The Bertz CT molecular complexity index is 1550. The Kier molecular flexibility index (Phi) is 7.66. The van der Waals surface area contributed by atoms with Gasteiger partial charge in [0.2, 0.25) is 0 Å². The Morgan fingerprint density at radius 2 is 1.98 bits per heavy atom. The monoisotopic (exact) mass is 584 g/mol. The van der Waals surface area contributed by atoms with Crippen LogP contribution in [0.15, 0.2) is 36.8 Å². The molecule has 0 spiro atoms. The zero-order valence-electron chi connectivity index (χ0n) is 23.8. The molecular formula is C29H35F3N8O2. The molecule has 0 saturated carbocycles. The molecule has 3 unspecified atom stereocenters. The van der Waals surface area contributed by atoms with Crippen molar-refractivity contribution in [1.29, 1.82) is 0 Å². The first-order valence-corrected chi connectivity index (χ1v) is 14.2. The molecular weight excluding hydrogens is 549 g/mol.